The Bertz CT molecular complexity index is 363. The highest BCUT2D eigenvalue weighted by Crippen LogP contribution is 2.22. The van der Waals surface area contributed by atoms with Crippen LogP contribution in [0.2, 0.25) is 0 Å². The van der Waals surface area contributed by atoms with E-state index in [-0.39, 0.29) is 0 Å². The van der Waals surface area contributed by atoms with Gasteiger partial charge in [0.1, 0.15) is 0 Å². The van der Waals surface area contributed by atoms with E-state index in [0.29, 0.717) is 6.04 Å². The van der Waals surface area contributed by atoms with Crippen LogP contribution in [0.5, 0.6) is 0 Å². The Balaban J connectivity index is 2.74. The second kappa shape index (κ2) is 8.16. The molecule has 0 fully saturated rings. The highest BCUT2D eigenvalue weighted by molar-refractivity contribution is 5.51. The largest absolute Gasteiger partial charge is 0.370 e. The van der Waals surface area contributed by atoms with Gasteiger partial charge in [-0.2, -0.15) is 0 Å². The third-order valence-electron chi connectivity index (χ3n) is 3.48. The summed E-state index contributed by atoms with van der Waals surface area (Å²) in [4.78, 5) is 6.64. The van der Waals surface area contributed by atoms with Crippen molar-refractivity contribution in [1.29, 1.82) is 0 Å². The molecule has 3 nitrogen and oxygen atoms in total. The predicted octanol–water partition coefficient (Wildman–Crippen LogP) is 3.45. The van der Waals surface area contributed by atoms with Gasteiger partial charge in [0.05, 0.1) is 11.9 Å². The lowest BCUT2D eigenvalue weighted by molar-refractivity contribution is 0.502. The molecule has 19 heavy (non-hydrogen) atoms. The van der Waals surface area contributed by atoms with E-state index in [1.807, 2.05) is 12.4 Å². The quantitative estimate of drug-likeness (QED) is 0.728. The summed E-state index contributed by atoms with van der Waals surface area (Å²) in [5, 5.41) is 3.47. The fourth-order valence-corrected chi connectivity index (χ4v) is 2.36. The minimum atomic E-state index is 0.536. The number of nitrogens with one attached hydrogen (secondary N) is 1. The smallest absolute Gasteiger partial charge is 0.0598 e. The summed E-state index contributed by atoms with van der Waals surface area (Å²) in [5.74, 6) is 0.718. The van der Waals surface area contributed by atoms with Crippen molar-refractivity contribution in [3.63, 3.8) is 0 Å². The molecule has 1 heterocycles. The highest BCUT2D eigenvalue weighted by atomic mass is 15.1. The number of hydrogen-bond donors (Lipinski definition) is 1. The minimum absolute atomic E-state index is 0.536. The topological polar surface area (TPSA) is 28.2 Å². The molecule has 1 aromatic heterocycles. The Morgan fingerprint density at radius 1 is 1.32 bits per heavy atom. The van der Waals surface area contributed by atoms with Crippen LogP contribution in [0.1, 0.15) is 46.1 Å². The molecule has 0 saturated carbocycles. The Morgan fingerprint density at radius 2 is 2.05 bits per heavy atom. The Labute approximate surface area is 118 Å². The molecular formula is C16H29N3. The zero-order valence-corrected chi connectivity index (χ0v) is 13.1. The number of aromatic nitrogens is 1. The zero-order valence-electron chi connectivity index (χ0n) is 13.1. The van der Waals surface area contributed by atoms with Crippen molar-refractivity contribution >= 4 is 5.69 Å². The standard InChI is InChI=1S/C16H29N3/c1-6-8-17-11-15-7-9-18-12-16(15)19(5)14(4)10-13(2)3/h7,9,12-14,17H,6,8,10-11H2,1-5H3. The van der Waals surface area contributed by atoms with Gasteiger partial charge in [-0.1, -0.05) is 20.8 Å². The van der Waals surface area contributed by atoms with Crippen molar-refractivity contribution in [2.24, 2.45) is 5.92 Å². The van der Waals surface area contributed by atoms with Gasteiger partial charge >= 0.3 is 0 Å². The maximum Gasteiger partial charge on any atom is 0.0598 e. The molecule has 1 unspecified atom stereocenters. The molecule has 0 aliphatic carbocycles. The van der Waals surface area contributed by atoms with Gasteiger partial charge < -0.3 is 10.2 Å². The molecule has 1 N–H and O–H groups in total. The number of anilines is 1. The fourth-order valence-electron chi connectivity index (χ4n) is 2.36. The van der Waals surface area contributed by atoms with E-state index in [1.165, 1.54) is 24.1 Å². The van der Waals surface area contributed by atoms with E-state index >= 15 is 0 Å². The summed E-state index contributed by atoms with van der Waals surface area (Å²) in [6, 6.07) is 2.66. The summed E-state index contributed by atoms with van der Waals surface area (Å²) < 4.78 is 0. The maximum atomic E-state index is 4.29. The van der Waals surface area contributed by atoms with Gasteiger partial charge in [0.15, 0.2) is 0 Å². The molecule has 0 aliphatic heterocycles. The van der Waals surface area contributed by atoms with Crippen molar-refractivity contribution in [2.45, 2.75) is 53.1 Å². The van der Waals surface area contributed by atoms with Gasteiger partial charge in [0.2, 0.25) is 0 Å². The number of pyridine rings is 1. The maximum absolute atomic E-state index is 4.29. The monoisotopic (exact) mass is 263 g/mol. The average molecular weight is 263 g/mol. The number of nitrogens with zero attached hydrogens (tertiary/aromatic N) is 2. The summed E-state index contributed by atoms with van der Waals surface area (Å²) in [5.41, 5.74) is 2.58. The van der Waals surface area contributed by atoms with E-state index in [4.69, 9.17) is 0 Å². The molecular weight excluding hydrogens is 234 g/mol. The van der Waals surface area contributed by atoms with Gasteiger partial charge in [0.25, 0.3) is 0 Å². The summed E-state index contributed by atoms with van der Waals surface area (Å²) in [6.07, 6.45) is 6.24. The van der Waals surface area contributed by atoms with Crippen LogP contribution < -0.4 is 10.2 Å². The molecule has 0 amide bonds. The molecule has 0 saturated heterocycles. The Kier molecular flexibility index (Phi) is 6.85. The molecule has 1 atom stereocenters. The molecule has 3 heteroatoms. The van der Waals surface area contributed by atoms with Crippen LogP contribution in [0.4, 0.5) is 5.69 Å². The summed E-state index contributed by atoms with van der Waals surface area (Å²) in [7, 11) is 2.17. The van der Waals surface area contributed by atoms with Crippen LogP contribution in [-0.4, -0.2) is 24.6 Å². The first kappa shape index (κ1) is 16.0. The normalized spacial score (nSPS) is 12.7. The third kappa shape index (κ3) is 5.19. The molecule has 0 bridgehead atoms. The molecule has 0 aromatic carbocycles. The Hall–Kier alpha value is -1.09. The van der Waals surface area contributed by atoms with E-state index in [1.54, 1.807) is 0 Å². The van der Waals surface area contributed by atoms with Crippen LogP contribution in [0, 0.1) is 5.92 Å². The van der Waals surface area contributed by atoms with Gasteiger partial charge in [-0.3, -0.25) is 4.98 Å². The van der Waals surface area contributed by atoms with Gasteiger partial charge in [-0.25, -0.2) is 0 Å². The van der Waals surface area contributed by atoms with E-state index < -0.39 is 0 Å². The van der Waals surface area contributed by atoms with Crippen LogP contribution in [0.15, 0.2) is 18.5 Å². The number of hydrogen-bond acceptors (Lipinski definition) is 3. The fraction of sp³-hybridized carbons (Fsp3) is 0.688. The summed E-state index contributed by atoms with van der Waals surface area (Å²) in [6.45, 7) is 11.0. The van der Waals surface area contributed by atoms with Crippen molar-refractivity contribution < 1.29 is 0 Å². The molecule has 0 radical (unpaired) electrons. The van der Waals surface area contributed by atoms with Crippen molar-refractivity contribution in [3.8, 4) is 0 Å². The van der Waals surface area contributed by atoms with Crippen LogP contribution in [0.25, 0.3) is 0 Å². The van der Waals surface area contributed by atoms with Crippen molar-refractivity contribution in [2.75, 3.05) is 18.5 Å². The van der Waals surface area contributed by atoms with Crippen molar-refractivity contribution in [1.82, 2.24) is 10.3 Å². The van der Waals surface area contributed by atoms with Gasteiger partial charge in [0, 0.05) is 25.8 Å². The second-order valence-corrected chi connectivity index (χ2v) is 5.77. The van der Waals surface area contributed by atoms with Crippen molar-refractivity contribution in [3.05, 3.63) is 24.0 Å². The minimum Gasteiger partial charge on any atom is -0.370 e. The zero-order chi connectivity index (χ0) is 14.3. The average Bonchev–Trinajstić information content (AvgIpc) is 2.38. The Morgan fingerprint density at radius 3 is 2.68 bits per heavy atom. The molecule has 108 valence electrons. The van der Waals surface area contributed by atoms with E-state index in [9.17, 15) is 0 Å². The van der Waals surface area contributed by atoms with Crippen LogP contribution >= 0.6 is 0 Å². The van der Waals surface area contributed by atoms with E-state index in [2.05, 4.69) is 56.0 Å². The second-order valence-electron chi connectivity index (χ2n) is 5.77. The lowest BCUT2D eigenvalue weighted by Crippen LogP contribution is -2.31. The highest BCUT2D eigenvalue weighted by Gasteiger charge is 2.14. The molecule has 1 aromatic rings. The van der Waals surface area contributed by atoms with Crippen LogP contribution in [0.3, 0.4) is 0 Å². The number of rotatable bonds is 8. The predicted molar refractivity (Wildman–Crippen MR) is 83.6 cm³/mol. The first-order valence-corrected chi connectivity index (χ1v) is 7.42. The molecule has 0 aliphatic rings. The first-order chi connectivity index (χ1) is 9.06. The van der Waals surface area contributed by atoms with E-state index in [0.717, 1.165) is 19.0 Å². The summed E-state index contributed by atoms with van der Waals surface area (Å²) >= 11 is 0. The van der Waals surface area contributed by atoms with Gasteiger partial charge in [-0.05, 0) is 43.9 Å². The first-order valence-electron chi connectivity index (χ1n) is 7.42. The SMILES string of the molecule is CCCNCc1ccncc1N(C)C(C)CC(C)C. The molecule has 0 spiro atoms. The van der Waals surface area contributed by atoms with Crippen LogP contribution in [-0.2, 0) is 6.54 Å². The third-order valence-corrected chi connectivity index (χ3v) is 3.48. The molecule has 1 rings (SSSR count). The lowest BCUT2D eigenvalue weighted by atomic mass is 10.0. The lowest BCUT2D eigenvalue weighted by Gasteiger charge is -2.30. The van der Waals surface area contributed by atoms with Gasteiger partial charge in [-0.15, -0.1) is 0 Å².